The Balaban J connectivity index is 3.08. The first-order valence-corrected chi connectivity index (χ1v) is 5.66. The monoisotopic (exact) mass is 239 g/mol. The van der Waals surface area contributed by atoms with Crippen LogP contribution < -0.4 is 4.72 Å². The lowest BCUT2D eigenvalue weighted by Gasteiger charge is -2.06. The summed E-state index contributed by atoms with van der Waals surface area (Å²) in [5.74, 6) is -4.75. The van der Waals surface area contributed by atoms with Crippen LogP contribution in [0.2, 0.25) is 0 Å². The van der Waals surface area contributed by atoms with E-state index in [1.165, 1.54) is 6.92 Å². The van der Waals surface area contributed by atoms with Crippen LogP contribution in [0.25, 0.3) is 0 Å². The molecule has 0 unspecified atom stereocenters. The minimum atomic E-state index is -3.62. The van der Waals surface area contributed by atoms with E-state index >= 15 is 0 Å². The molecule has 1 rings (SSSR count). The van der Waals surface area contributed by atoms with Gasteiger partial charge in [-0.15, -0.1) is 0 Å². The summed E-state index contributed by atoms with van der Waals surface area (Å²) in [6.07, 6.45) is 0. The first-order chi connectivity index (χ1) is 6.85. The second-order valence-corrected chi connectivity index (χ2v) is 4.77. The number of halogens is 3. The fourth-order valence-electron chi connectivity index (χ4n) is 0.866. The molecule has 0 spiro atoms. The summed E-state index contributed by atoms with van der Waals surface area (Å²) >= 11 is 0. The molecular weight excluding hydrogens is 231 g/mol. The molecule has 3 nitrogen and oxygen atoms in total. The van der Waals surface area contributed by atoms with Gasteiger partial charge in [0.1, 0.15) is 0 Å². The molecule has 7 heteroatoms. The first kappa shape index (κ1) is 11.8. The van der Waals surface area contributed by atoms with Gasteiger partial charge in [-0.1, -0.05) is 0 Å². The Kier molecular flexibility index (Phi) is 3.23. The summed E-state index contributed by atoms with van der Waals surface area (Å²) in [4.78, 5) is 0. The van der Waals surface area contributed by atoms with Crippen LogP contribution in [0.3, 0.4) is 0 Å². The van der Waals surface area contributed by atoms with Gasteiger partial charge in [0.15, 0.2) is 17.5 Å². The third-order valence-corrected chi connectivity index (χ3v) is 2.94. The van der Waals surface area contributed by atoms with Crippen LogP contribution in [0, 0.1) is 17.5 Å². The van der Waals surface area contributed by atoms with E-state index in [0.29, 0.717) is 12.1 Å². The van der Waals surface area contributed by atoms with Crippen molar-refractivity contribution in [3.8, 4) is 0 Å². The van der Waals surface area contributed by atoms with Crippen molar-refractivity contribution in [3.05, 3.63) is 29.6 Å². The summed E-state index contributed by atoms with van der Waals surface area (Å²) < 4.78 is 61.8. The number of rotatable bonds is 3. The molecular formula is C8H8F3NO2S. The number of sulfonamides is 1. The van der Waals surface area contributed by atoms with Crippen molar-refractivity contribution in [2.24, 2.45) is 0 Å². The van der Waals surface area contributed by atoms with Crippen molar-refractivity contribution in [1.29, 1.82) is 0 Å². The molecule has 0 bridgehead atoms. The standard InChI is InChI=1S/C8H8F3NO2S/c1-2-15(13,14)12-5-3-6(9)8(11)7(10)4-5/h3-4,12H,2H2,1H3. The maximum atomic E-state index is 12.7. The second-order valence-electron chi connectivity index (χ2n) is 2.76. The van der Waals surface area contributed by atoms with Gasteiger partial charge < -0.3 is 0 Å². The van der Waals surface area contributed by atoms with Gasteiger partial charge in [0.05, 0.1) is 11.4 Å². The Morgan fingerprint density at radius 2 is 1.67 bits per heavy atom. The lowest BCUT2D eigenvalue weighted by atomic mass is 10.3. The minimum Gasteiger partial charge on any atom is -0.283 e. The van der Waals surface area contributed by atoms with Crippen LogP contribution >= 0.6 is 0 Å². The predicted molar refractivity (Wildman–Crippen MR) is 49.4 cm³/mol. The Hall–Kier alpha value is -1.24. The maximum Gasteiger partial charge on any atom is 0.232 e. The molecule has 0 aliphatic carbocycles. The minimum absolute atomic E-state index is 0.242. The predicted octanol–water partition coefficient (Wildman–Crippen LogP) is 1.87. The van der Waals surface area contributed by atoms with Crippen LogP contribution in [0.5, 0.6) is 0 Å². The molecule has 0 aliphatic rings. The Labute approximate surface area is 85.0 Å². The average molecular weight is 239 g/mol. The van der Waals surface area contributed by atoms with Crippen LogP contribution in [0.4, 0.5) is 18.9 Å². The van der Waals surface area contributed by atoms with E-state index in [2.05, 4.69) is 0 Å². The fourth-order valence-corrected chi connectivity index (χ4v) is 1.49. The molecule has 84 valence electrons. The van der Waals surface area contributed by atoms with E-state index in [0.717, 1.165) is 0 Å². The molecule has 15 heavy (non-hydrogen) atoms. The van der Waals surface area contributed by atoms with Crippen molar-refractivity contribution in [3.63, 3.8) is 0 Å². The number of hydrogen-bond acceptors (Lipinski definition) is 2. The van der Waals surface area contributed by atoms with E-state index in [1.807, 2.05) is 4.72 Å². The van der Waals surface area contributed by atoms with Gasteiger partial charge in [-0.05, 0) is 6.92 Å². The fraction of sp³-hybridized carbons (Fsp3) is 0.250. The van der Waals surface area contributed by atoms with Gasteiger partial charge >= 0.3 is 0 Å². The van der Waals surface area contributed by atoms with E-state index < -0.39 is 27.5 Å². The van der Waals surface area contributed by atoms with Gasteiger partial charge in [0.25, 0.3) is 0 Å². The lowest BCUT2D eigenvalue weighted by Crippen LogP contribution is -2.15. The van der Waals surface area contributed by atoms with Gasteiger partial charge in [0, 0.05) is 12.1 Å². The number of anilines is 1. The third kappa shape index (κ3) is 2.85. The smallest absolute Gasteiger partial charge is 0.232 e. The van der Waals surface area contributed by atoms with E-state index in [4.69, 9.17) is 0 Å². The van der Waals surface area contributed by atoms with E-state index in [-0.39, 0.29) is 11.4 Å². The SMILES string of the molecule is CCS(=O)(=O)Nc1cc(F)c(F)c(F)c1. The number of hydrogen-bond donors (Lipinski definition) is 1. The molecule has 1 aromatic rings. The Morgan fingerprint density at radius 1 is 1.20 bits per heavy atom. The highest BCUT2D eigenvalue weighted by Crippen LogP contribution is 2.18. The summed E-state index contributed by atoms with van der Waals surface area (Å²) in [6.45, 7) is 1.36. The highest BCUT2D eigenvalue weighted by molar-refractivity contribution is 7.92. The number of benzene rings is 1. The molecule has 0 aliphatic heterocycles. The molecule has 0 heterocycles. The van der Waals surface area contributed by atoms with Crippen LogP contribution in [-0.4, -0.2) is 14.2 Å². The molecule has 0 atom stereocenters. The van der Waals surface area contributed by atoms with Crippen molar-refractivity contribution in [2.45, 2.75) is 6.92 Å². The van der Waals surface area contributed by atoms with Crippen molar-refractivity contribution in [1.82, 2.24) is 0 Å². The molecule has 0 saturated carbocycles. The van der Waals surface area contributed by atoms with Gasteiger partial charge in [0.2, 0.25) is 10.0 Å². The Morgan fingerprint density at radius 3 is 2.07 bits per heavy atom. The second kappa shape index (κ2) is 4.09. The van der Waals surface area contributed by atoms with Crippen LogP contribution in [0.15, 0.2) is 12.1 Å². The Bertz CT molecular complexity index is 450. The van der Waals surface area contributed by atoms with Gasteiger partial charge in [-0.2, -0.15) is 0 Å². The highest BCUT2D eigenvalue weighted by Gasteiger charge is 2.13. The summed E-state index contributed by atoms with van der Waals surface area (Å²) in [5, 5.41) is 0. The molecule has 0 fully saturated rings. The molecule has 0 amide bonds. The van der Waals surface area contributed by atoms with Crippen LogP contribution in [0.1, 0.15) is 6.92 Å². The van der Waals surface area contributed by atoms with Crippen molar-refractivity contribution in [2.75, 3.05) is 10.5 Å². The quantitative estimate of drug-likeness (QED) is 0.818. The molecule has 0 aromatic heterocycles. The van der Waals surface area contributed by atoms with Gasteiger partial charge in [-0.3, -0.25) is 4.72 Å². The first-order valence-electron chi connectivity index (χ1n) is 4.00. The molecule has 1 N–H and O–H groups in total. The zero-order valence-electron chi connectivity index (χ0n) is 7.72. The summed E-state index contributed by atoms with van der Waals surface area (Å²) in [6, 6.07) is 1.15. The maximum absolute atomic E-state index is 12.7. The third-order valence-electron chi connectivity index (χ3n) is 1.64. The zero-order chi connectivity index (χ0) is 11.6. The van der Waals surface area contributed by atoms with E-state index in [9.17, 15) is 21.6 Å². The average Bonchev–Trinajstić information content (AvgIpc) is 2.13. The molecule has 0 saturated heterocycles. The largest absolute Gasteiger partial charge is 0.283 e. The van der Waals surface area contributed by atoms with Gasteiger partial charge in [-0.25, -0.2) is 21.6 Å². The normalized spacial score (nSPS) is 11.5. The highest BCUT2D eigenvalue weighted by atomic mass is 32.2. The van der Waals surface area contributed by atoms with Crippen molar-refractivity contribution < 1.29 is 21.6 Å². The lowest BCUT2D eigenvalue weighted by molar-refractivity contribution is 0.448. The summed E-state index contributed by atoms with van der Waals surface area (Å²) in [5.41, 5.74) is -0.340. The molecule has 1 aromatic carbocycles. The zero-order valence-corrected chi connectivity index (χ0v) is 8.54. The number of nitrogens with one attached hydrogen (secondary N) is 1. The van der Waals surface area contributed by atoms with Crippen molar-refractivity contribution >= 4 is 15.7 Å². The molecule has 0 radical (unpaired) electrons. The van der Waals surface area contributed by atoms with E-state index in [1.54, 1.807) is 0 Å². The van der Waals surface area contributed by atoms with Crippen LogP contribution in [-0.2, 0) is 10.0 Å². The topological polar surface area (TPSA) is 46.2 Å². The summed E-state index contributed by atoms with van der Waals surface area (Å²) in [7, 11) is -3.62.